The van der Waals surface area contributed by atoms with Crippen molar-refractivity contribution in [2.45, 2.75) is 33.2 Å². The van der Waals surface area contributed by atoms with Gasteiger partial charge in [-0.25, -0.2) is 0 Å². The van der Waals surface area contributed by atoms with Gasteiger partial charge in [0.1, 0.15) is 0 Å². The molecule has 1 amide bonds. The molecule has 0 unspecified atom stereocenters. The van der Waals surface area contributed by atoms with Gasteiger partial charge < -0.3 is 10.6 Å². The summed E-state index contributed by atoms with van der Waals surface area (Å²) in [5.74, 6) is -0.0306. The second-order valence-corrected chi connectivity index (χ2v) is 8.97. The number of carbonyl (C=O) groups is 1. The zero-order valence-corrected chi connectivity index (χ0v) is 14.7. The van der Waals surface area contributed by atoms with Gasteiger partial charge in [0, 0.05) is 45.8 Å². The number of piperazine rings is 1. The fourth-order valence-corrected chi connectivity index (χ4v) is 3.11. The van der Waals surface area contributed by atoms with Crippen LogP contribution >= 0.6 is 0 Å². The van der Waals surface area contributed by atoms with E-state index in [1.165, 1.54) is 22.7 Å². The highest BCUT2D eigenvalue weighted by Gasteiger charge is 2.43. The Balaban J connectivity index is 2.77. The van der Waals surface area contributed by atoms with Crippen LogP contribution in [0.1, 0.15) is 27.7 Å². The molecule has 0 saturated carbocycles. The van der Waals surface area contributed by atoms with Crippen LogP contribution in [0, 0.1) is 5.41 Å². The molecule has 0 atom stereocenters. The Morgan fingerprint density at radius 2 is 1.48 bits per heavy atom. The van der Waals surface area contributed by atoms with Crippen LogP contribution in [0.25, 0.3) is 0 Å². The van der Waals surface area contributed by atoms with Gasteiger partial charge in [-0.15, -0.1) is 0 Å². The van der Waals surface area contributed by atoms with Gasteiger partial charge in [-0.1, -0.05) is 0 Å². The van der Waals surface area contributed by atoms with Gasteiger partial charge in [0.15, 0.2) is 0 Å². The Hall–Kier alpha value is -0.700. The molecule has 0 aromatic rings. The highest BCUT2D eigenvalue weighted by molar-refractivity contribution is 7.86. The zero-order valence-electron chi connectivity index (χ0n) is 13.9. The molecule has 0 aromatic heterocycles. The maximum Gasteiger partial charge on any atom is 0.281 e. The van der Waals surface area contributed by atoms with Gasteiger partial charge in [-0.3, -0.25) is 4.79 Å². The van der Waals surface area contributed by atoms with Crippen molar-refractivity contribution in [1.82, 2.24) is 13.5 Å². The highest BCUT2D eigenvalue weighted by atomic mass is 32.2. The van der Waals surface area contributed by atoms with Crippen molar-refractivity contribution in [1.29, 1.82) is 0 Å². The summed E-state index contributed by atoms with van der Waals surface area (Å²) in [6, 6.07) is 0. The Morgan fingerprint density at radius 1 is 1.05 bits per heavy atom. The largest absolute Gasteiger partial charge is 0.340 e. The van der Waals surface area contributed by atoms with E-state index >= 15 is 0 Å². The average Bonchev–Trinajstić information content (AvgIpc) is 2.36. The molecule has 0 spiro atoms. The van der Waals surface area contributed by atoms with E-state index in [0.29, 0.717) is 26.2 Å². The molecule has 1 aliphatic rings. The molecule has 0 radical (unpaired) electrons. The lowest BCUT2D eigenvalue weighted by atomic mass is 9.74. The lowest BCUT2D eigenvalue weighted by molar-refractivity contribution is -0.144. The molecule has 0 bridgehead atoms. The number of nitrogens with two attached hydrogens (primary N) is 1. The number of hydrogen-bond donors (Lipinski definition) is 1. The summed E-state index contributed by atoms with van der Waals surface area (Å²) in [6.07, 6.45) is 0. The van der Waals surface area contributed by atoms with E-state index in [0.717, 1.165) is 0 Å². The molecule has 1 saturated heterocycles. The number of hydrogen-bond acceptors (Lipinski definition) is 4. The molecule has 0 aliphatic carbocycles. The van der Waals surface area contributed by atoms with Crippen LogP contribution in [0.4, 0.5) is 0 Å². The number of nitrogens with zero attached hydrogens (tertiary/aromatic N) is 3. The van der Waals surface area contributed by atoms with Crippen LogP contribution < -0.4 is 5.73 Å². The SMILES string of the molecule is CN(C)S(=O)(=O)N1CCN(C(=O)C(C)(C)C(C)(C)N)CC1. The molecule has 1 rings (SSSR count). The van der Waals surface area contributed by atoms with Gasteiger partial charge in [0.25, 0.3) is 10.2 Å². The molecule has 2 N–H and O–H groups in total. The molecule has 124 valence electrons. The Bertz CT molecular complexity index is 486. The van der Waals surface area contributed by atoms with Crippen molar-refractivity contribution >= 4 is 16.1 Å². The molecular formula is C13H28N4O3S. The molecule has 8 heteroatoms. The maximum absolute atomic E-state index is 12.6. The minimum Gasteiger partial charge on any atom is -0.340 e. The second kappa shape index (κ2) is 5.83. The van der Waals surface area contributed by atoms with Crippen LogP contribution in [0.5, 0.6) is 0 Å². The topological polar surface area (TPSA) is 87.0 Å². The lowest BCUT2D eigenvalue weighted by Crippen LogP contribution is -2.60. The first-order valence-corrected chi connectivity index (χ1v) is 8.47. The standard InChI is InChI=1S/C13H28N4O3S/c1-12(2,13(3,4)14)11(18)16-7-9-17(10-8-16)21(19,20)15(5)6/h7-10,14H2,1-6H3. The Morgan fingerprint density at radius 3 is 1.81 bits per heavy atom. The first-order valence-electron chi connectivity index (χ1n) is 7.07. The van der Waals surface area contributed by atoms with E-state index < -0.39 is 21.2 Å². The van der Waals surface area contributed by atoms with E-state index in [9.17, 15) is 13.2 Å². The maximum atomic E-state index is 12.6. The number of rotatable bonds is 4. The van der Waals surface area contributed by atoms with Crippen LogP contribution in [0.15, 0.2) is 0 Å². The minimum atomic E-state index is -3.41. The molecule has 1 heterocycles. The van der Waals surface area contributed by atoms with Crippen LogP contribution in [-0.2, 0) is 15.0 Å². The Kier molecular flexibility index (Phi) is 5.09. The molecule has 1 aliphatic heterocycles. The number of amides is 1. The van der Waals surface area contributed by atoms with Crippen LogP contribution in [0.2, 0.25) is 0 Å². The van der Waals surface area contributed by atoms with Gasteiger partial charge >= 0.3 is 0 Å². The first kappa shape index (κ1) is 18.3. The van der Waals surface area contributed by atoms with E-state index in [1.807, 2.05) is 27.7 Å². The lowest BCUT2D eigenvalue weighted by Gasteiger charge is -2.43. The van der Waals surface area contributed by atoms with Gasteiger partial charge in [0.2, 0.25) is 5.91 Å². The molecular weight excluding hydrogens is 292 g/mol. The monoisotopic (exact) mass is 320 g/mol. The van der Waals surface area contributed by atoms with Crippen LogP contribution in [-0.4, -0.2) is 73.6 Å². The van der Waals surface area contributed by atoms with Crippen molar-refractivity contribution in [3.05, 3.63) is 0 Å². The quantitative estimate of drug-likeness (QED) is 0.770. The van der Waals surface area contributed by atoms with E-state index in [1.54, 1.807) is 4.90 Å². The van der Waals surface area contributed by atoms with E-state index in [2.05, 4.69) is 0 Å². The van der Waals surface area contributed by atoms with Crippen molar-refractivity contribution in [2.75, 3.05) is 40.3 Å². The zero-order chi connectivity index (χ0) is 16.6. The van der Waals surface area contributed by atoms with Gasteiger partial charge in [-0.05, 0) is 27.7 Å². The van der Waals surface area contributed by atoms with E-state index in [4.69, 9.17) is 5.73 Å². The molecule has 7 nitrogen and oxygen atoms in total. The summed E-state index contributed by atoms with van der Waals surface area (Å²) in [5, 5.41) is 0. The van der Waals surface area contributed by atoms with Crippen molar-refractivity contribution in [3.8, 4) is 0 Å². The summed E-state index contributed by atoms with van der Waals surface area (Å²) in [5.41, 5.74) is 4.76. The average molecular weight is 320 g/mol. The van der Waals surface area contributed by atoms with E-state index in [-0.39, 0.29) is 5.91 Å². The van der Waals surface area contributed by atoms with Crippen molar-refractivity contribution in [2.24, 2.45) is 11.1 Å². The number of carbonyl (C=O) groups excluding carboxylic acids is 1. The normalized spacial score (nSPS) is 19.1. The third-order valence-electron chi connectivity index (χ3n) is 4.46. The van der Waals surface area contributed by atoms with Gasteiger partial charge in [-0.2, -0.15) is 17.0 Å². The summed E-state index contributed by atoms with van der Waals surface area (Å²) >= 11 is 0. The van der Waals surface area contributed by atoms with Crippen molar-refractivity contribution in [3.63, 3.8) is 0 Å². The molecule has 0 aromatic carbocycles. The summed E-state index contributed by atoms with van der Waals surface area (Å²) in [7, 11) is -0.395. The highest BCUT2D eigenvalue weighted by Crippen LogP contribution is 2.31. The van der Waals surface area contributed by atoms with Gasteiger partial charge in [0.05, 0.1) is 5.41 Å². The third kappa shape index (κ3) is 3.56. The summed E-state index contributed by atoms with van der Waals surface area (Å²) in [4.78, 5) is 14.3. The fraction of sp³-hybridized carbons (Fsp3) is 0.923. The first-order chi connectivity index (χ1) is 9.31. The summed E-state index contributed by atoms with van der Waals surface area (Å²) in [6.45, 7) is 8.74. The Labute approximate surface area is 128 Å². The summed E-state index contributed by atoms with van der Waals surface area (Å²) < 4.78 is 26.7. The molecule has 1 fully saturated rings. The molecule has 21 heavy (non-hydrogen) atoms. The predicted octanol–water partition coefficient (Wildman–Crippen LogP) is -0.299. The van der Waals surface area contributed by atoms with Crippen molar-refractivity contribution < 1.29 is 13.2 Å². The van der Waals surface area contributed by atoms with Crippen LogP contribution in [0.3, 0.4) is 0 Å². The smallest absolute Gasteiger partial charge is 0.281 e. The second-order valence-electron chi connectivity index (χ2n) is 6.83. The minimum absolute atomic E-state index is 0.0306. The predicted molar refractivity (Wildman–Crippen MR) is 82.8 cm³/mol. The fourth-order valence-electron chi connectivity index (χ4n) is 2.02. The third-order valence-corrected chi connectivity index (χ3v) is 6.40.